The molecule has 1 aliphatic heterocycles. The van der Waals surface area contributed by atoms with Gasteiger partial charge in [-0.3, -0.25) is 14.6 Å². The SMILES string of the molecule is O=C(CN1CCN(Cc2ccc(F)cc2Cl)CC1)Nc1cc(Cl)ccc1Cl. The molecule has 1 fully saturated rings. The van der Waals surface area contributed by atoms with E-state index < -0.39 is 0 Å². The monoisotopic (exact) mass is 429 g/mol. The molecule has 4 nitrogen and oxygen atoms in total. The second-order valence-electron chi connectivity index (χ2n) is 6.46. The number of halogens is 4. The number of nitrogens with one attached hydrogen (secondary N) is 1. The minimum atomic E-state index is -0.334. The molecule has 0 radical (unpaired) electrons. The zero-order chi connectivity index (χ0) is 19.4. The van der Waals surface area contributed by atoms with Crippen LogP contribution < -0.4 is 5.32 Å². The van der Waals surface area contributed by atoms with Crippen molar-refractivity contribution in [2.24, 2.45) is 0 Å². The van der Waals surface area contributed by atoms with Crippen LogP contribution in [0.15, 0.2) is 36.4 Å². The average Bonchev–Trinajstić information content (AvgIpc) is 2.62. The molecule has 0 unspecified atom stereocenters. The molecule has 1 aliphatic rings. The van der Waals surface area contributed by atoms with E-state index in [1.807, 2.05) is 0 Å². The van der Waals surface area contributed by atoms with E-state index >= 15 is 0 Å². The second-order valence-corrected chi connectivity index (χ2v) is 7.71. The Morgan fingerprint density at radius 2 is 1.67 bits per heavy atom. The van der Waals surface area contributed by atoms with Crippen molar-refractivity contribution in [2.45, 2.75) is 6.54 Å². The molecule has 27 heavy (non-hydrogen) atoms. The van der Waals surface area contributed by atoms with Gasteiger partial charge in [-0.2, -0.15) is 0 Å². The quantitative estimate of drug-likeness (QED) is 0.756. The molecule has 0 aromatic heterocycles. The molecule has 0 aliphatic carbocycles. The summed E-state index contributed by atoms with van der Waals surface area (Å²) in [7, 11) is 0. The molecule has 0 atom stereocenters. The fourth-order valence-electron chi connectivity index (χ4n) is 2.98. The Bertz CT molecular complexity index is 826. The van der Waals surface area contributed by atoms with Crippen LogP contribution in [0.3, 0.4) is 0 Å². The Balaban J connectivity index is 1.47. The highest BCUT2D eigenvalue weighted by molar-refractivity contribution is 6.35. The summed E-state index contributed by atoms with van der Waals surface area (Å²) in [5, 5.41) is 4.21. The van der Waals surface area contributed by atoms with Crippen LogP contribution in [0.1, 0.15) is 5.56 Å². The first kappa shape index (κ1) is 20.4. The zero-order valence-corrected chi connectivity index (χ0v) is 16.8. The third-order valence-corrected chi connectivity index (χ3v) is 5.36. The van der Waals surface area contributed by atoms with Crippen LogP contribution in [0.4, 0.5) is 10.1 Å². The smallest absolute Gasteiger partial charge is 0.238 e. The number of amides is 1. The first-order valence-electron chi connectivity index (χ1n) is 8.54. The molecule has 1 N–H and O–H groups in total. The van der Waals surface area contributed by atoms with Crippen molar-refractivity contribution in [2.75, 3.05) is 38.0 Å². The van der Waals surface area contributed by atoms with Gasteiger partial charge in [0.05, 0.1) is 17.3 Å². The number of hydrogen-bond donors (Lipinski definition) is 1. The minimum Gasteiger partial charge on any atom is -0.324 e. The van der Waals surface area contributed by atoms with Crippen LogP contribution in [0.5, 0.6) is 0 Å². The highest BCUT2D eigenvalue weighted by Crippen LogP contribution is 2.25. The lowest BCUT2D eigenvalue weighted by atomic mass is 10.2. The minimum absolute atomic E-state index is 0.130. The van der Waals surface area contributed by atoms with Crippen LogP contribution in [-0.2, 0) is 11.3 Å². The van der Waals surface area contributed by atoms with Crippen molar-refractivity contribution in [3.05, 3.63) is 62.8 Å². The molecule has 0 bridgehead atoms. The maximum absolute atomic E-state index is 13.1. The van der Waals surface area contributed by atoms with Crippen LogP contribution in [0.2, 0.25) is 15.1 Å². The summed E-state index contributed by atoms with van der Waals surface area (Å²) in [5.41, 5.74) is 1.42. The molecule has 1 saturated heterocycles. The predicted octanol–water partition coefficient (Wildman–Crippen LogP) is 4.54. The lowest BCUT2D eigenvalue weighted by Gasteiger charge is -2.34. The van der Waals surface area contributed by atoms with Crippen molar-refractivity contribution in [3.63, 3.8) is 0 Å². The number of carbonyl (C=O) groups excluding carboxylic acids is 1. The van der Waals surface area contributed by atoms with Crippen LogP contribution in [-0.4, -0.2) is 48.4 Å². The molecule has 0 spiro atoms. The topological polar surface area (TPSA) is 35.6 Å². The number of nitrogens with zero attached hydrogens (tertiary/aromatic N) is 2. The van der Waals surface area contributed by atoms with Gasteiger partial charge in [-0.25, -0.2) is 4.39 Å². The Labute approximate surface area is 172 Å². The predicted molar refractivity (Wildman–Crippen MR) is 108 cm³/mol. The number of anilines is 1. The molecule has 0 saturated carbocycles. The average molecular weight is 431 g/mol. The van der Waals surface area contributed by atoms with Gasteiger partial charge >= 0.3 is 0 Å². The fourth-order valence-corrected chi connectivity index (χ4v) is 3.55. The molecule has 1 heterocycles. The molecule has 144 valence electrons. The lowest BCUT2D eigenvalue weighted by Crippen LogP contribution is -2.48. The summed E-state index contributed by atoms with van der Waals surface area (Å²) in [6, 6.07) is 9.42. The van der Waals surface area contributed by atoms with Crippen molar-refractivity contribution in [1.29, 1.82) is 0 Å². The molecular weight excluding hydrogens is 412 g/mol. The molecule has 2 aromatic carbocycles. The van der Waals surface area contributed by atoms with Crippen LogP contribution in [0, 0.1) is 5.82 Å². The number of hydrogen-bond acceptors (Lipinski definition) is 3. The molecular formula is C19H19Cl3FN3O. The third-order valence-electron chi connectivity index (χ3n) is 4.44. The van der Waals surface area contributed by atoms with Crippen LogP contribution >= 0.6 is 34.8 Å². The van der Waals surface area contributed by atoms with Gasteiger partial charge in [0.1, 0.15) is 5.82 Å². The highest BCUT2D eigenvalue weighted by Gasteiger charge is 2.20. The summed E-state index contributed by atoms with van der Waals surface area (Å²) in [5.74, 6) is -0.464. The van der Waals surface area contributed by atoms with Crippen molar-refractivity contribution >= 4 is 46.4 Å². The second kappa shape index (κ2) is 9.22. The van der Waals surface area contributed by atoms with E-state index in [4.69, 9.17) is 34.8 Å². The molecule has 8 heteroatoms. The number of benzene rings is 2. The largest absolute Gasteiger partial charge is 0.324 e. The summed E-state index contributed by atoms with van der Waals surface area (Å²) >= 11 is 18.1. The summed E-state index contributed by atoms with van der Waals surface area (Å²) in [6.45, 7) is 4.08. The summed E-state index contributed by atoms with van der Waals surface area (Å²) in [4.78, 5) is 16.6. The van der Waals surface area contributed by atoms with Gasteiger partial charge in [0.25, 0.3) is 0 Å². The Hall–Kier alpha value is -1.37. The molecule has 1 amide bonds. The fraction of sp³-hybridized carbons (Fsp3) is 0.316. The highest BCUT2D eigenvalue weighted by atomic mass is 35.5. The van der Waals surface area contributed by atoms with Gasteiger partial charge in [-0.05, 0) is 35.9 Å². The van der Waals surface area contributed by atoms with E-state index in [0.717, 1.165) is 31.7 Å². The maximum atomic E-state index is 13.1. The maximum Gasteiger partial charge on any atom is 0.238 e. The molecule has 2 aromatic rings. The number of rotatable bonds is 5. The standard InChI is InChI=1S/C19H19Cl3FN3O/c20-14-2-4-16(21)18(9-14)24-19(27)12-26-7-5-25(6-8-26)11-13-1-3-15(23)10-17(13)22/h1-4,9-10H,5-8,11-12H2,(H,24,27). The number of carbonyl (C=O) groups is 1. The number of piperazine rings is 1. The van der Waals surface area contributed by atoms with Gasteiger partial charge in [0.15, 0.2) is 0 Å². The van der Waals surface area contributed by atoms with E-state index in [1.54, 1.807) is 24.3 Å². The first-order valence-corrected chi connectivity index (χ1v) is 9.67. The van der Waals surface area contributed by atoms with E-state index in [0.29, 0.717) is 27.3 Å². The van der Waals surface area contributed by atoms with E-state index in [-0.39, 0.29) is 18.3 Å². The van der Waals surface area contributed by atoms with Crippen molar-refractivity contribution in [1.82, 2.24) is 9.80 Å². The van der Waals surface area contributed by atoms with Crippen molar-refractivity contribution < 1.29 is 9.18 Å². The lowest BCUT2D eigenvalue weighted by molar-refractivity contribution is -0.117. The zero-order valence-electron chi connectivity index (χ0n) is 14.5. The van der Waals surface area contributed by atoms with Gasteiger partial charge in [0, 0.05) is 42.8 Å². The Morgan fingerprint density at radius 3 is 2.37 bits per heavy atom. The van der Waals surface area contributed by atoms with E-state index in [1.165, 1.54) is 12.1 Å². The first-order chi connectivity index (χ1) is 12.9. The molecule has 3 rings (SSSR count). The summed E-state index contributed by atoms with van der Waals surface area (Å²) < 4.78 is 13.1. The van der Waals surface area contributed by atoms with Crippen LogP contribution in [0.25, 0.3) is 0 Å². The van der Waals surface area contributed by atoms with Gasteiger partial charge in [0.2, 0.25) is 5.91 Å². The van der Waals surface area contributed by atoms with Gasteiger partial charge in [-0.15, -0.1) is 0 Å². The Morgan fingerprint density at radius 1 is 0.963 bits per heavy atom. The van der Waals surface area contributed by atoms with Gasteiger partial charge < -0.3 is 5.32 Å². The third kappa shape index (κ3) is 5.80. The van der Waals surface area contributed by atoms with Gasteiger partial charge in [-0.1, -0.05) is 40.9 Å². The summed E-state index contributed by atoms with van der Waals surface area (Å²) in [6.07, 6.45) is 0. The normalized spacial score (nSPS) is 15.7. The van der Waals surface area contributed by atoms with E-state index in [9.17, 15) is 9.18 Å². The van der Waals surface area contributed by atoms with Crippen molar-refractivity contribution in [3.8, 4) is 0 Å². The Kier molecular flexibility index (Phi) is 6.95. The van der Waals surface area contributed by atoms with E-state index in [2.05, 4.69) is 15.1 Å².